The Kier molecular flexibility index (Phi) is 5.82. The normalized spacial score (nSPS) is 18.1. The van der Waals surface area contributed by atoms with Crippen LogP contribution in [0.5, 0.6) is 0 Å². The molecule has 3 rings (SSSR count). The molecule has 1 heterocycles. The third-order valence-corrected chi connectivity index (χ3v) is 4.88. The number of aryl methyl sites for hydroxylation is 1. The second kappa shape index (κ2) is 8.26. The van der Waals surface area contributed by atoms with E-state index < -0.39 is 0 Å². The molecule has 1 saturated heterocycles. The molecule has 2 aromatic rings. The standard InChI is InChI=1S/C21H25FN2O/c1-15(21(25)24-17-12-13-23-14-17)10-11-16-6-2-3-7-18(16)19-8-4-5-9-20(19)22/h2-9,15,17,23H,10-14H2,1H3,(H,24,25). The quantitative estimate of drug-likeness (QED) is 0.844. The first-order valence-corrected chi connectivity index (χ1v) is 8.99. The molecule has 0 radical (unpaired) electrons. The van der Waals surface area contributed by atoms with Gasteiger partial charge in [0.2, 0.25) is 5.91 Å². The minimum atomic E-state index is -0.213. The van der Waals surface area contributed by atoms with Crippen molar-refractivity contribution in [3.63, 3.8) is 0 Å². The van der Waals surface area contributed by atoms with Crippen LogP contribution >= 0.6 is 0 Å². The molecule has 2 unspecified atom stereocenters. The summed E-state index contributed by atoms with van der Waals surface area (Å²) in [7, 11) is 0. The van der Waals surface area contributed by atoms with Crippen molar-refractivity contribution in [3.8, 4) is 11.1 Å². The van der Waals surface area contributed by atoms with Gasteiger partial charge in [0.25, 0.3) is 0 Å². The number of hydrogen-bond donors (Lipinski definition) is 2. The maximum absolute atomic E-state index is 14.1. The van der Waals surface area contributed by atoms with E-state index in [0.717, 1.165) is 43.5 Å². The molecule has 1 fully saturated rings. The minimum Gasteiger partial charge on any atom is -0.352 e. The summed E-state index contributed by atoms with van der Waals surface area (Å²) in [6.07, 6.45) is 2.49. The summed E-state index contributed by atoms with van der Waals surface area (Å²) in [5.74, 6) is -0.166. The highest BCUT2D eigenvalue weighted by Crippen LogP contribution is 2.27. The van der Waals surface area contributed by atoms with Gasteiger partial charge in [-0.15, -0.1) is 0 Å². The zero-order chi connectivity index (χ0) is 17.6. The maximum atomic E-state index is 14.1. The molecule has 1 amide bonds. The number of carbonyl (C=O) groups excluding carboxylic acids is 1. The van der Waals surface area contributed by atoms with Gasteiger partial charge in [-0.2, -0.15) is 0 Å². The SMILES string of the molecule is CC(CCc1ccccc1-c1ccccc1F)C(=O)NC1CCNC1. The molecule has 0 bridgehead atoms. The Labute approximate surface area is 148 Å². The summed E-state index contributed by atoms with van der Waals surface area (Å²) in [4.78, 5) is 12.3. The largest absolute Gasteiger partial charge is 0.352 e. The lowest BCUT2D eigenvalue weighted by atomic mass is 9.93. The number of nitrogens with one attached hydrogen (secondary N) is 2. The third kappa shape index (κ3) is 4.45. The zero-order valence-electron chi connectivity index (χ0n) is 14.6. The van der Waals surface area contributed by atoms with E-state index >= 15 is 0 Å². The molecule has 4 heteroatoms. The van der Waals surface area contributed by atoms with Gasteiger partial charge in [-0.25, -0.2) is 4.39 Å². The van der Waals surface area contributed by atoms with E-state index in [-0.39, 0.29) is 23.7 Å². The molecule has 1 aliphatic heterocycles. The molecule has 0 aliphatic carbocycles. The molecule has 132 valence electrons. The minimum absolute atomic E-state index is 0.0609. The van der Waals surface area contributed by atoms with Crippen LogP contribution in [0.3, 0.4) is 0 Å². The Hall–Kier alpha value is -2.20. The summed E-state index contributed by atoms with van der Waals surface area (Å²) in [5, 5.41) is 6.36. The lowest BCUT2D eigenvalue weighted by Gasteiger charge is -2.17. The van der Waals surface area contributed by atoms with Gasteiger partial charge in [0.15, 0.2) is 0 Å². The summed E-state index contributed by atoms with van der Waals surface area (Å²) in [5.41, 5.74) is 2.61. The highest BCUT2D eigenvalue weighted by molar-refractivity contribution is 5.78. The van der Waals surface area contributed by atoms with Crippen molar-refractivity contribution < 1.29 is 9.18 Å². The fourth-order valence-electron chi connectivity index (χ4n) is 3.31. The van der Waals surface area contributed by atoms with Crippen LogP contribution in [-0.2, 0) is 11.2 Å². The molecular formula is C21H25FN2O. The second-order valence-electron chi connectivity index (χ2n) is 6.78. The Morgan fingerprint density at radius 2 is 1.92 bits per heavy atom. The Balaban J connectivity index is 1.65. The lowest BCUT2D eigenvalue weighted by molar-refractivity contribution is -0.125. The van der Waals surface area contributed by atoms with Crippen LogP contribution in [0.25, 0.3) is 11.1 Å². The van der Waals surface area contributed by atoms with Crippen LogP contribution in [0.15, 0.2) is 48.5 Å². The van der Waals surface area contributed by atoms with E-state index in [1.54, 1.807) is 12.1 Å². The number of halogens is 1. The predicted octanol–water partition coefficient (Wildman–Crippen LogP) is 3.54. The number of hydrogen-bond acceptors (Lipinski definition) is 2. The summed E-state index contributed by atoms with van der Waals surface area (Å²) in [6.45, 7) is 3.79. The first-order valence-electron chi connectivity index (χ1n) is 8.99. The molecule has 1 aliphatic rings. The van der Waals surface area contributed by atoms with Crippen LogP contribution < -0.4 is 10.6 Å². The van der Waals surface area contributed by atoms with Crippen LogP contribution in [0.2, 0.25) is 0 Å². The first-order chi connectivity index (χ1) is 12.1. The highest BCUT2D eigenvalue weighted by atomic mass is 19.1. The lowest BCUT2D eigenvalue weighted by Crippen LogP contribution is -2.39. The molecule has 3 nitrogen and oxygen atoms in total. The first kappa shape index (κ1) is 17.6. The van der Waals surface area contributed by atoms with Crippen LogP contribution in [0, 0.1) is 11.7 Å². The molecule has 0 aromatic heterocycles. The molecular weight excluding hydrogens is 315 g/mol. The predicted molar refractivity (Wildman–Crippen MR) is 98.7 cm³/mol. The highest BCUT2D eigenvalue weighted by Gasteiger charge is 2.20. The van der Waals surface area contributed by atoms with Crippen molar-refractivity contribution >= 4 is 5.91 Å². The monoisotopic (exact) mass is 340 g/mol. The molecule has 2 aromatic carbocycles. The van der Waals surface area contributed by atoms with E-state index in [9.17, 15) is 9.18 Å². The van der Waals surface area contributed by atoms with Crippen LogP contribution in [-0.4, -0.2) is 25.0 Å². The van der Waals surface area contributed by atoms with E-state index in [0.29, 0.717) is 5.56 Å². The van der Waals surface area contributed by atoms with E-state index in [1.165, 1.54) is 6.07 Å². The smallest absolute Gasteiger partial charge is 0.223 e. The third-order valence-electron chi connectivity index (χ3n) is 4.88. The number of benzene rings is 2. The molecule has 2 N–H and O–H groups in total. The summed E-state index contributed by atoms with van der Waals surface area (Å²) < 4.78 is 14.1. The number of rotatable bonds is 6. The van der Waals surface area contributed by atoms with E-state index in [4.69, 9.17) is 0 Å². The topological polar surface area (TPSA) is 41.1 Å². The van der Waals surface area contributed by atoms with Crippen molar-refractivity contribution in [2.45, 2.75) is 32.2 Å². The molecule has 0 spiro atoms. The molecule has 25 heavy (non-hydrogen) atoms. The fraction of sp³-hybridized carbons (Fsp3) is 0.381. The van der Waals surface area contributed by atoms with Gasteiger partial charge in [0.05, 0.1) is 0 Å². The van der Waals surface area contributed by atoms with Gasteiger partial charge in [0.1, 0.15) is 5.82 Å². The van der Waals surface area contributed by atoms with Crippen LogP contribution in [0.4, 0.5) is 4.39 Å². The molecule has 2 atom stereocenters. The Bertz CT molecular complexity index is 725. The van der Waals surface area contributed by atoms with Gasteiger partial charge in [0, 0.05) is 24.1 Å². The van der Waals surface area contributed by atoms with Crippen molar-refractivity contribution in [2.75, 3.05) is 13.1 Å². The zero-order valence-corrected chi connectivity index (χ0v) is 14.6. The average molecular weight is 340 g/mol. The van der Waals surface area contributed by atoms with Crippen molar-refractivity contribution in [3.05, 3.63) is 59.9 Å². The maximum Gasteiger partial charge on any atom is 0.223 e. The average Bonchev–Trinajstić information content (AvgIpc) is 3.13. The van der Waals surface area contributed by atoms with Crippen LogP contribution in [0.1, 0.15) is 25.3 Å². The fourth-order valence-corrected chi connectivity index (χ4v) is 3.31. The Morgan fingerprint density at radius 3 is 2.64 bits per heavy atom. The molecule has 0 saturated carbocycles. The Morgan fingerprint density at radius 1 is 1.20 bits per heavy atom. The van der Waals surface area contributed by atoms with Crippen molar-refractivity contribution in [1.82, 2.24) is 10.6 Å². The number of amides is 1. The van der Waals surface area contributed by atoms with Gasteiger partial charge < -0.3 is 10.6 Å². The van der Waals surface area contributed by atoms with Gasteiger partial charge >= 0.3 is 0 Å². The second-order valence-corrected chi connectivity index (χ2v) is 6.78. The van der Waals surface area contributed by atoms with Gasteiger partial charge in [-0.3, -0.25) is 4.79 Å². The van der Waals surface area contributed by atoms with Gasteiger partial charge in [-0.05, 0) is 43.0 Å². The summed E-state index contributed by atoms with van der Waals surface area (Å²) >= 11 is 0. The summed E-state index contributed by atoms with van der Waals surface area (Å²) in [6, 6.07) is 14.9. The van der Waals surface area contributed by atoms with Gasteiger partial charge in [-0.1, -0.05) is 49.4 Å². The van der Waals surface area contributed by atoms with Crippen molar-refractivity contribution in [1.29, 1.82) is 0 Å². The number of carbonyl (C=O) groups is 1. The van der Waals surface area contributed by atoms with E-state index in [2.05, 4.69) is 10.6 Å². The van der Waals surface area contributed by atoms with Crippen molar-refractivity contribution in [2.24, 2.45) is 5.92 Å². The van der Waals surface area contributed by atoms with E-state index in [1.807, 2.05) is 37.3 Å².